The maximum atomic E-state index is 13.5. The molecule has 8 heteroatoms. The Hall–Kier alpha value is -5.34. The zero-order chi connectivity index (χ0) is 27.6. The number of para-hydroxylation sites is 1. The monoisotopic (exact) mass is 543 g/mol. The minimum Gasteiger partial charge on any atom is -0.457 e. The van der Waals surface area contributed by atoms with E-state index in [1.807, 2.05) is 48.5 Å². The molecule has 1 aliphatic rings. The number of ether oxygens (including phenoxy) is 1. The molecule has 6 rings (SSSR count). The maximum Gasteiger partial charge on any atom is 0.270 e. The van der Waals surface area contributed by atoms with Crippen molar-refractivity contribution in [3.05, 3.63) is 132 Å². The SMILES string of the molecule is O=C1NC(=S)N(c2ccc(Oc3ccccc3)cc2)C(=O)/C1=C\c1c[nH]c2cc(C(=O)c3ccccc3)ccc12. The number of rotatable bonds is 6. The molecule has 2 amide bonds. The van der Waals surface area contributed by atoms with Crippen LogP contribution < -0.4 is 15.0 Å². The summed E-state index contributed by atoms with van der Waals surface area (Å²) in [5, 5.41) is 3.36. The van der Waals surface area contributed by atoms with Gasteiger partial charge in [-0.05, 0) is 60.8 Å². The Labute approximate surface area is 234 Å². The Morgan fingerprint density at radius 3 is 2.20 bits per heavy atom. The molecule has 1 aliphatic heterocycles. The number of fused-ring (bicyclic) bond motifs is 1. The minimum absolute atomic E-state index is 0.00753. The van der Waals surface area contributed by atoms with Gasteiger partial charge >= 0.3 is 0 Å². The molecule has 0 spiro atoms. The summed E-state index contributed by atoms with van der Waals surface area (Å²) in [6.45, 7) is 0. The predicted octanol–water partition coefficient (Wildman–Crippen LogP) is 6.02. The fourth-order valence-corrected chi connectivity index (χ4v) is 4.78. The molecule has 5 aromatic rings. The van der Waals surface area contributed by atoms with Crippen LogP contribution >= 0.6 is 12.2 Å². The summed E-state index contributed by atoms with van der Waals surface area (Å²) in [6, 6.07) is 30.5. The third-order valence-electron chi connectivity index (χ3n) is 6.49. The fraction of sp³-hybridized carbons (Fsp3) is 0. The number of carbonyl (C=O) groups excluding carboxylic acids is 3. The van der Waals surface area contributed by atoms with Crippen molar-refractivity contribution < 1.29 is 19.1 Å². The third-order valence-corrected chi connectivity index (χ3v) is 6.77. The van der Waals surface area contributed by atoms with Crippen LogP contribution in [0.1, 0.15) is 21.5 Å². The lowest BCUT2D eigenvalue weighted by atomic mass is 10.0. The highest BCUT2D eigenvalue weighted by Crippen LogP contribution is 2.28. The van der Waals surface area contributed by atoms with E-state index in [2.05, 4.69) is 10.3 Å². The van der Waals surface area contributed by atoms with Crippen molar-refractivity contribution in [3.8, 4) is 11.5 Å². The highest BCUT2D eigenvalue weighted by atomic mass is 32.1. The lowest BCUT2D eigenvalue weighted by molar-refractivity contribution is -0.122. The highest BCUT2D eigenvalue weighted by molar-refractivity contribution is 7.80. The van der Waals surface area contributed by atoms with Crippen LogP contribution in [0.5, 0.6) is 11.5 Å². The number of anilines is 1. The molecule has 1 fully saturated rings. The number of thiocarbonyl (C=S) groups is 1. The summed E-state index contributed by atoms with van der Waals surface area (Å²) in [5.41, 5.74) is 2.89. The summed E-state index contributed by atoms with van der Waals surface area (Å²) in [7, 11) is 0. The van der Waals surface area contributed by atoms with Gasteiger partial charge in [-0.2, -0.15) is 0 Å². The summed E-state index contributed by atoms with van der Waals surface area (Å²) >= 11 is 5.33. The Morgan fingerprint density at radius 1 is 0.800 bits per heavy atom. The Balaban J connectivity index is 1.27. The Morgan fingerprint density at radius 2 is 1.48 bits per heavy atom. The second kappa shape index (κ2) is 10.4. The molecule has 1 aromatic heterocycles. The number of hydrogen-bond donors (Lipinski definition) is 2. The predicted molar refractivity (Wildman–Crippen MR) is 157 cm³/mol. The number of aromatic nitrogens is 1. The average Bonchev–Trinajstić information content (AvgIpc) is 3.38. The Kier molecular flexibility index (Phi) is 6.51. The molecule has 0 saturated carbocycles. The summed E-state index contributed by atoms with van der Waals surface area (Å²) in [4.78, 5) is 43.6. The first-order valence-corrected chi connectivity index (χ1v) is 12.8. The lowest BCUT2D eigenvalue weighted by Crippen LogP contribution is -2.54. The van der Waals surface area contributed by atoms with Crippen molar-refractivity contribution in [2.75, 3.05) is 4.90 Å². The second-order valence-electron chi connectivity index (χ2n) is 9.07. The first-order chi connectivity index (χ1) is 19.5. The van der Waals surface area contributed by atoms with Crippen LogP contribution in [0.25, 0.3) is 17.0 Å². The van der Waals surface area contributed by atoms with Crippen LogP contribution in [0.4, 0.5) is 5.69 Å². The first-order valence-electron chi connectivity index (χ1n) is 12.4. The van der Waals surface area contributed by atoms with Gasteiger partial charge in [-0.25, -0.2) is 0 Å². The molecule has 0 aliphatic carbocycles. The first kappa shape index (κ1) is 25.0. The minimum atomic E-state index is -0.583. The van der Waals surface area contributed by atoms with E-state index in [1.165, 1.54) is 11.0 Å². The maximum absolute atomic E-state index is 13.5. The molecule has 1 saturated heterocycles. The number of aromatic amines is 1. The number of carbonyl (C=O) groups is 3. The van der Waals surface area contributed by atoms with E-state index in [0.29, 0.717) is 39.4 Å². The zero-order valence-corrected chi connectivity index (χ0v) is 21.8. The molecule has 0 bridgehead atoms. The Bertz CT molecular complexity index is 1810. The highest BCUT2D eigenvalue weighted by Gasteiger charge is 2.34. The van der Waals surface area contributed by atoms with E-state index in [4.69, 9.17) is 17.0 Å². The van der Waals surface area contributed by atoms with Crippen molar-refractivity contribution >= 4 is 57.6 Å². The summed E-state index contributed by atoms with van der Waals surface area (Å²) in [6.07, 6.45) is 3.22. The number of amides is 2. The molecule has 40 heavy (non-hydrogen) atoms. The van der Waals surface area contributed by atoms with Crippen molar-refractivity contribution in [1.29, 1.82) is 0 Å². The smallest absolute Gasteiger partial charge is 0.270 e. The number of nitrogens with zero attached hydrogens (tertiary/aromatic N) is 1. The van der Waals surface area contributed by atoms with Crippen LogP contribution in [-0.4, -0.2) is 27.7 Å². The molecule has 2 heterocycles. The van der Waals surface area contributed by atoms with E-state index in [9.17, 15) is 14.4 Å². The van der Waals surface area contributed by atoms with Crippen LogP contribution in [0.3, 0.4) is 0 Å². The van der Waals surface area contributed by atoms with E-state index >= 15 is 0 Å². The summed E-state index contributed by atoms with van der Waals surface area (Å²) < 4.78 is 5.83. The molecule has 0 atom stereocenters. The largest absolute Gasteiger partial charge is 0.457 e. The van der Waals surface area contributed by atoms with Crippen LogP contribution in [0.15, 0.2) is 115 Å². The summed E-state index contributed by atoms with van der Waals surface area (Å²) in [5.74, 6) is 0.0565. The fourth-order valence-electron chi connectivity index (χ4n) is 4.50. The standard InChI is InChI=1S/C32H21N3O4S/c36-29(20-7-3-1-4-8-20)21-11-16-26-22(19-33-28(26)18-21)17-27-30(37)34-32(40)35(31(27)38)23-12-14-25(15-13-23)39-24-9-5-2-6-10-24/h1-19,33H,(H,34,37,40)/b27-17-. The van der Waals surface area contributed by atoms with Crippen molar-refractivity contribution in [3.63, 3.8) is 0 Å². The number of benzene rings is 4. The molecule has 2 N–H and O–H groups in total. The van der Waals surface area contributed by atoms with Crippen LogP contribution in [-0.2, 0) is 9.59 Å². The molecule has 4 aromatic carbocycles. The number of H-pyrrole nitrogens is 1. The number of hydrogen-bond acceptors (Lipinski definition) is 5. The van der Waals surface area contributed by atoms with Crippen molar-refractivity contribution in [1.82, 2.24) is 10.3 Å². The molecule has 0 radical (unpaired) electrons. The normalized spacial score (nSPS) is 14.4. The van der Waals surface area contributed by atoms with Crippen molar-refractivity contribution in [2.24, 2.45) is 0 Å². The molecule has 194 valence electrons. The van der Waals surface area contributed by atoms with Gasteiger partial charge in [0.05, 0.1) is 5.69 Å². The third kappa shape index (κ3) is 4.79. The molecular formula is C32H21N3O4S. The van der Waals surface area contributed by atoms with Gasteiger partial charge in [-0.1, -0.05) is 60.7 Å². The molecular weight excluding hydrogens is 522 g/mol. The van der Waals surface area contributed by atoms with Crippen molar-refractivity contribution in [2.45, 2.75) is 0 Å². The molecule has 7 nitrogen and oxygen atoms in total. The quantitative estimate of drug-likeness (QED) is 0.118. The van der Waals surface area contributed by atoms with Crippen LogP contribution in [0.2, 0.25) is 0 Å². The number of nitrogens with one attached hydrogen (secondary N) is 2. The van der Waals surface area contributed by atoms with E-state index in [-0.39, 0.29) is 16.5 Å². The van der Waals surface area contributed by atoms with Gasteiger partial charge in [0.2, 0.25) is 0 Å². The lowest BCUT2D eigenvalue weighted by Gasteiger charge is -2.29. The van der Waals surface area contributed by atoms with Gasteiger partial charge in [-0.3, -0.25) is 24.6 Å². The van der Waals surface area contributed by atoms with E-state index in [0.717, 1.165) is 5.39 Å². The average molecular weight is 544 g/mol. The van der Waals surface area contributed by atoms with Gasteiger partial charge in [0.15, 0.2) is 10.9 Å². The topological polar surface area (TPSA) is 91.5 Å². The van der Waals surface area contributed by atoms with E-state index < -0.39 is 11.8 Å². The zero-order valence-electron chi connectivity index (χ0n) is 21.0. The van der Waals surface area contributed by atoms with Gasteiger partial charge in [0, 0.05) is 33.8 Å². The molecule has 0 unspecified atom stereocenters. The van der Waals surface area contributed by atoms with E-state index in [1.54, 1.807) is 60.8 Å². The van der Waals surface area contributed by atoms with Gasteiger partial charge in [0.25, 0.3) is 11.8 Å². The van der Waals surface area contributed by atoms with Gasteiger partial charge in [-0.15, -0.1) is 0 Å². The van der Waals surface area contributed by atoms with Crippen LogP contribution in [0, 0.1) is 0 Å². The second-order valence-corrected chi connectivity index (χ2v) is 9.45. The van der Waals surface area contributed by atoms with Gasteiger partial charge in [0.1, 0.15) is 17.1 Å². The number of ketones is 1. The van der Waals surface area contributed by atoms with Gasteiger partial charge < -0.3 is 9.72 Å².